The van der Waals surface area contributed by atoms with E-state index in [-0.39, 0.29) is 17.2 Å². The van der Waals surface area contributed by atoms with E-state index in [9.17, 15) is 9.59 Å². The highest BCUT2D eigenvalue weighted by atomic mass is 16.5. The molecular weight excluding hydrogens is 402 g/mol. The Morgan fingerprint density at radius 3 is 2.38 bits per heavy atom. The predicted octanol–water partition coefficient (Wildman–Crippen LogP) is 4.41. The largest absolute Gasteiger partial charge is 0.361 e. The fraction of sp³-hybridized carbons (Fsp3) is 0.577. The molecule has 6 nitrogen and oxygen atoms in total. The van der Waals surface area contributed by atoms with E-state index in [0.29, 0.717) is 37.6 Å². The standard InChI is InChI=1S/C26H35N3O3/c1-19(30)29-15-12-26(18-29,24(31)28-13-10-21(11-14-28)25(2,3)4)17-22-16-23(27-32-22)20-8-6-5-7-9-20/h5-9,16,21H,10-15,17-18H2,1-4H3. The monoisotopic (exact) mass is 437 g/mol. The van der Waals surface area contributed by atoms with E-state index in [2.05, 4.69) is 25.9 Å². The Bertz CT molecular complexity index is 954. The minimum Gasteiger partial charge on any atom is -0.361 e. The number of rotatable bonds is 4. The third-order valence-electron chi connectivity index (χ3n) is 7.40. The highest BCUT2D eigenvalue weighted by molar-refractivity contribution is 5.85. The topological polar surface area (TPSA) is 66.7 Å². The SMILES string of the molecule is CC(=O)N1CCC(Cc2cc(-c3ccccc3)no2)(C(=O)N2CCC(C(C)(C)C)CC2)C1. The second-order valence-electron chi connectivity index (χ2n) is 10.6. The molecule has 0 saturated carbocycles. The van der Waals surface area contributed by atoms with Crippen molar-refractivity contribution >= 4 is 11.8 Å². The van der Waals surface area contributed by atoms with Crippen LogP contribution < -0.4 is 0 Å². The zero-order valence-corrected chi connectivity index (χ0v) is 19.8. The number of carbonyl (C=O) groups is 2. The van der Waals surface area contributed by atoms with Crippen molar-refractivity contribution in [1.29, 1.82) is 0 Å². The second-order valence-corrected chi connectivity index (χ2v) is 10.6. The van der Waals surface area contributed by atoms with Crippen molar-refractivity contribution in [2.24, 2.45) is 16.7 Å². The Morgan fingerprint density at radius 1 is 1.09 bits per heavy atom. The van der Waals surface area contributed by atoms with Gasteiger partial charge in [0.2, 0.25) is 11.8 Å². The van der Waals surface area contributed by atoms with Gasteiger partial charge in [-0.15, -0.1) is 0 Å². The van der Waals surface area contributed by atoms with Crippen LogP contribution in [0, 0.1) is 16.7 Å². The summed E-state index contributed by atoms with van der Waals surface area (Å²) < 4.78 is 5.68. The highest BCUT2D eigenvalue weighted by Gasteiger charge is 2.48. The number of hydrogen-bond acceptors (Lipinski definition) is 4. The first-order valence-corrected chi connectivity index (χ1v) is 11.7. The summed E-state index contributed by atoms with van der Waals surface area (Å²) in [6, 6.07) is 11.8. The molecule has 0 spiro atoms. The number of amides is 2. The molecule has 2 aliphatic heterocycles. The molecule has 1 aromatic heterocycles. The summed E-state index contributed by atoms with van der Waals surface area (Å²) in [6.07, 6.45) is 3.19. The molecule has 0 aliphatic carbocycles. The van der Waals surface area contributed by atoms with Gasteiger partial charge in [0.1, 0.15) is 11.5 Å². The third-order valence-corrected chi connectivity index (χ3v) is 7.40. The summed E-state index contributed by atoms with van der Waals surface area (Å²) in [5.74, 6) is 1.51. The maximum Gasteiger partial charge on any atom is 0.231 e. The maximum absolute atomic E-state index is 13.9. The van der Waals surface area contributed by atoms with E-state index in [0.717, 1.165) is 37.2 Å². The van der Waals surface area contributed by atoms with E-state index in [1.54, 1.807) is 11.8 Å². The van der Waals surface area contributed by atoms with Gasteiger partial charge in [-0.25, -0.2) is 0 Å². The van der Waals surface area contributed by atoms with Crippen LogP contribution in [0.2, 0.25) is 0 Å². The molecule has 2 fully saturated rings. The van der Waals surface area contributed by atoms with Gasteiger partial charge in [-0.3, -0.25) is 9.59 Å². The normalized spacial score (nSPS) is 22.4. The average Bonchev–Trinajstić information content (AvgIpc) is 3.42. The lowest BCUT2D eigenvalue weighted by Crippen LogP contribution is -2.50. The molecule has 0 bridgehead atoms. The Hall–Kier alpha value is -2.63. The summed E-state index contributed by atoms with van der Waals surface area (Å²) in [6.45, 7) is 11.1. The number of carbonyl (C=O) groups excluding carboxylic acids is 2. The maximum atomic E-state index is 13.9. The smallest absolute Gasteiger partial charge is 0.231 e. The van der Waals surface area contributed by atoms with E-state index in [4.69, 9.17) is 4.52 Å². The molecule has 0 radical (unpaired) electrons. The van der Waals surface area contributed by atoms with Crippen molar-refractivity contribution in [1.82, 2.24) is 15.0 Å². The molecule has 2 aliphatic rings. The molecule has 6 heteroatoms. The number of likely N-dealkylation sites (tertiary alicyclic amines) is 2. The summed E-state index contributed by atoms with van der Waals surface area (Å²) in [7, 11) is 0. The van der Waals surface area contributed by atoms with Crippen molar-refractivity contribution < 1.29 is 14.1 Å². The van der Waals surface area contributed by atoms with Gasteiger partial charge in [0.05, 0.1) is 5.41 Å². The first-order valence-electron chi connectivity index (χ1n) is 11.7. The van der Waals surface area contributed by atoms with Crippen LogP contribution in [0.25, 0.3) is 11.3 Å². The Morgan fingerprint density at radius 2 is 1.78 bits per heavy atom. The lowest BCUT2D eigenvalue weighted by atomic mass is 9.74. The van der Waals surface area contributed by atoms with Gasteiger partial charge in [-0.1, -0.05) is 56.3 Å². The Balaban J connectivity index is 1.54. The molecule has 2 saturated heterocycles. The zero-order chi connectivity index (χ0) is 22.9. The van der Waals surface area contributed by atoms with Gasteiger partial charge in [0.25, 0.3) is 0 Å². The van der Waals surface area contributed by atoms with E-state index in [1.165, 1.54) is 0 Å². The van der Waals surface area contributed by atoms with Crippen LogP contribution in [0.4, 0.5) is 0 Å². The fourth-order valence-electron chi connectivity index (χ4n) is 5.29. The van der Waals surface area contributed by atoms with E-state index in [1.807, 2.05) is 41.3 Å². The van der Waals surface area contributed by atoms with E-state index < -0.39 is 5.41 Å². The zero-order valence-electron chi connectivity index (χ0n) is 19.8. The molecule has 1 unspecified atom stereocenters. The minimum absolute atomic E-state index is 0.0219. The molecule has 32 heavy (non-hydrogen) atoms. The molecular formula is C26H35N3O3. The summed E-state index contributed by atoms with van der Waals surface area (Å²) in [4.78, 5) is 29.8. The van der Waals surface area contributed by atoms with Crippen molar-refractivity contribution in [3.8, 4) is 11.3 Å². The van der Waals surface area contributed by atoms with Crippen LogP contribution in [0.1, 0.15) is 52.7 Å². The summed E-state index contributed by atoms with van der Waals surface area (Å²) in [5.41, 5.74) is 1.38. The van der Waals surface area contributed by atoms with Crippen molar-refractivity contribution in [2.45, 2.75) is 53.4 Å². The van der Waals surface area contributed by atoms with Crippen LogP contribution in [0.3, 0.4) is 0 Å². The second kappa shape index (κ2) is 8.72. The van der Waals surface area contributed by atoms with Gasteiger partial charge in [0.15, 0.2) is 0 Å². The minimum atomic E-state index is -0.645. The quantitative estimate of drug-likeness (QED) is 0.711. The van der Waals surface area contributed by atoms with Gasteiger partial charge >= 0.3 is 0 Å². The van der Waals surface area contributed by atoms with Gasteiger partial charge in [-0.2, -0.15) is 0 Å². The van der Waals surface area contributed by atoms with Crippen LogP contribution in [0.15, 0.2) is 40.9 Å². The summed E-state index contributed by atoms with van der Waals surface area (Å²) in [5, 5.41) is 4.24. The predicted molar refractivity (Wildman–Crippen MR) is 124 cm³/mol. The number of benzene rings is 1. The molecule has 2 aromatic rings. The van der Waals surface area contributed by atoms with Crippen molar-refractivity contribution in [2.75, 3.05) is 26.2 Å². The molecule has 0 N–H and O–H groups in total. The highest BCUT2D eigenvalue weighted by Crippen LogP contribution is 2.40. The molecule has 2 amide bonds. The first-order chi connectivity index (χ1) is 15.2. The fourth-order valence-corrected chi connectivity index (χ4v) is 5.29. The lowest BCUT2D eigenvalue weighted by Gasteiger charge is -2.41. The van der Waals surface area contributed by atoms with Crippen LogP contribution in [-0.4, -0.2) is 52.9 Å². The van der Waals surface area contributed by atoms with E-state index >= 15 is 0 Å². The van der Waals surface area contributed by atoms with Crippen molar-refractivity contribution in [3.63, 3.8) is 0 Å². The molecule has 172 valence electrons. The molecule has 3 heterocycles. The Labute approximate surface area is 190 Å². The average molecular weight is 438 g/mol. The van der Waals surface area contributed by atoms with Gasteiger partial charge in [0, 0.05) is 51.2 Å². The van der Waals surface area contributed by atoms with Crippen LogP contribution >= 0.6 is 0 Å². The number of hydrogen-bond donors (Lipinski definition) is 0. The van der Waals surface area contributed by atoms with Gasteiger partial charge in [-0.05, 0) is 30.6 Å². The number of piperidine rings is 1. The van der Waals surface area contributed by atoms with Crippen LogP contribution in [0.5, 0.6) is 0 Å². The third kappa shape index (κ3) is 4.59. The van der Waals surface area contributed by atoms with Gasteiger partial charge < -0.3 is 14.3 Å². The molecule has 4 rings (SSSR count). The van der Waals surface area contributed by atoms with Crippen molar-refractivity contribution in [3.05, 3.63) is 42.2 Å². The van der Waals surface area contributed by atoms with Crippen LogP contribution in [-0.2, 0) is 16.0 Å². The number of aromatic nitrogens is 1. The molecule has 1 atom stereocenters. The first kappa shape index (κ1) is 22.6. The lowest BCUT2D eigenvalue weighted by molar-refractivity contribution is -0.144. The summed E-state index contributed by atoms with van der Waals surface area (Å²) >= 11 is 0. The Kier molecular flexibility index (Phi) is 6.15. The number of nitrogens with zero attached hydrogens (tertiary/aromatic N) is 3. The molecule has 1 aromatic carbocycles.